The number of fused-ring (bicyclic) bond motifs is 1. The topological polar surface area (TPSA) is 134 Å². The SMILES string of the molecule is CN(C)C1CCN(c2nc(N)n3nc(Nc4ccc(Oc5ccncc5)cc4)c(C#N)c3n2)C1. The molecule has 1 aliphatic rings. The number of rotatable bonds is 6. The molecule has 4 heterocycles. The van der Waals surface area contributed by atoms with Gasteiger partial charge in [0.1, 0.15) is 23.1 Å². The highest BCUT2D eigenvalue weighted by Crippen LogP contribution is 2.28. The predicted octanol–water partition coefficient (Wildman–Crippen LogP) is 2.65. The Bertz CT molecular complexity index is 1340. The quantitative estimate of drug-likeness (QED) is 0.446. The van der Waals surface area contributed by atoms with Crippen molar-refractivity contribution in [3.63, 3.8) is 0 Å². The molecule has 3 aromatic heterocycles. The first-order chi connectivity index (χ1) is 16.5. The summed E-state index contributed by atoms with van der Waals surface area (Å²) >= 11 is 0. The van der Waals surface area contributed by atoms with Gasteiger partial charge in [-0.1, -0.05) is 0 Å². The normalized spacial score (nSPS) is 15.6. The molecule has 11 nitrogen and oxygen atoms in total. The summed E-state index contributed by atoms with van der Waals surface area (Å²) in [6.07, 6.45) is 4.35. The minimum atomic E-state index is 0.180. The maximum absolute atomic E-state index is 9.86. The van der Waals surface area contributed by atoms with Crippen LogP contribution in [0, 0.1) is 11.3 Å². The zero-order valence-corrected chi connectivity index (χ0v) is 18.9. The van der Waals surface area contributed by atoms with E-state index in [-0.39, 0.29) is 5.95 Å². The number of nitrogens with zero attached hydrogens (tertiary/aromatic N) is 8. The third-order valence-corrected chi connectivity index (χ3v) is 5.79. The van der Waals surface area contributed by atoms with E-state index in [1.807, 2.05) is 24.3 Å². The van der Waals surface area contributed by atoms with Crippen molar-refractivity contribution in [2.24, 2.45) is 0 Å². The lowest BCUT2D eigenvalue weighted by atomic mass is 10.2. The van der Waals surface area contributed by atoms with Crippen molar-refractivity contribution < 1.29 is 4.74 Å². The monoisotopic (exact) mass is 456 g/mol. The zero-order valence-electron chi connectivity index (χ0n) is 18.9. The predicted molar refractivity (Wildman–Crippen MR) is 128 cm³/mol. The van der Waals surface area contributed by atoms with E-state index in [1.165, 1.54) is 4.52 Å². The highest BCUT2D eigenvalue weighted by atomic mass is 16.5. The molecule has 0 aliphatic carbocycles. The van der Waals surface area contributed by atoms with Gasteiger partial charge in [-0.25, -0.2) is 0 Å². The van der Waals surface area contributed by atoms with Gasteiger partial charge in [0, 0.05) is 37.2 Å². The smallest absolute Gasteiger partial charge is 0.230 e. The van der Waals surface area contributed by atoms with Gasteiger partial charge >= 0.3 is 0 Å². The molecule has 1 aromatic carbocycles. The molecule has 4 aromatic rings. The van der Waals surface area contributed by atoms with Crippen molar-refractivity contribution in [2.45, 2.75) is 12.5 Å². The Balaban J connectivity index is 1.39. The van der Waals surface area contributed by atoms with E-state index >= 15 is 0 Å². The van der Waals surface area contributed by atoms with Gasteiger partial charge in [-0.05, 0) is 56.9 Å². The van der Waals surface area contributed by atoms with Crippen LogP contribution in [0.4, 0.5) is 23.4 Å². The molecule has 0 bridgehead atoms. The van der Waals surface area contributed by atoms with Crippen molar-refractivity contribution in [1.82, 2.24) is 29.5 Å². The van der Waals surface area contributed by atoms with Crippen LogP contribution in [0.3, 0.4) is 0 Å². The summed E-state index contributed by atoms with van der Waals surface area (Å²) in [5, 5.41) is 17.5. The molecule has 34 heavy (non-hydrogen) atoms. The Hall–Kier alpha value is -4.43. The minimum Gasteiger partial charge on any atom is -0.457 e. The molecule has 1 unspecified atom stereocenters. The number of nitrogens with one attached hydrogen (secondary N) is 1. The van der Waals surface area contributed by atoms with E-state index < -0.39 is 0 Å². The van der Waals surface area contributed by atoms with Crippen molar-refractivity contribution in [3.05, 3.63) is 54.4 Å². The molecule has 1 saturated heterocycles. The van der Waals surface area contributed by atoms with E-state index in [2.05, 4.69) is 55.3 Å². The first-order valence-electron chi connectivity index (χ1n) is 10.8. The first kappa shape index (κ1) is 21.4. The molecule has 3 N–H and O–H groups in total. The van der Waals surface area contributed by atoms with Gasteiger partial charge in [0.15, 0.2) is 11.5 Å². The van der Waals surface area contributed by atoms with Crippen LogP contribution >= 0.6 is 0 Å². The number of hydrogen-bond donors (Lipinski definition) is 2. The van der Waals surface area contributed by atoms with Crippen molar-refractivity contribution in [3.8, 4) is 17.6 Å². The fraction of sp³-hybridized carbons (Fsp3) is 0.261. The third kappa shape index (κ3) is 4.14. The van der Waals surface area contributed by atoms with Crippen LogP contribution in [-0.4, -0.2) is 62.7 Å². The number of nitrogens with two attached hydrogens (primary N) is 1. The second-order valence-electron chi connectivity index (χ2n) is 8.24. The van der Waals surface area contributed by atoms with Gasteiger partial charge in [0.05, 0.1) is 0 Å². The average molecular weight is 457 g/mol. The molecular formula is C23H24N10O. The number of benzene rings is 1. The largest absolute Gasteiger partial charge is 0.457 e. The zero-order chi connectivity index (χ0) is 23.7. The van der Waals surface area contributed by atoms with E-state index in [0.29, 0.717) is 40.5 Å². The summed E-state index contributed by atoms with van der Waals surface area (Å²) in [5.74, 6) is 2.42. The molecule has 5 rings (SSSR count). The Morgan fingerprint density at radius 1 is 1.12 bits per heavy atom. The summed E-state index contributed by atoms with van der Waals surface area (Å²) in [6, 6.07) is 13.5. The van der Waals surface area contributed by atoms with Gasteiger partial charge in [0.2, 0.25) is 11.9 Å². The summed E-state index contributed by atoms with van der Waals surface area (Å²) in [7, 11) is 4.13. The Morgan fingerprint density at radius 3 is 2.53 bits per heavy atom. The Morgan fingerprint density at radius 2 is 1.85 bits per heavy atom. The summed E-state index contributed by atoms with van der Waals surface area (Å²) in [6.45, 7) is 1.63. The maximum atomic E-state index is 9.86. The van der Waals surface area contributed by atoms with Crippen LogP contribution in [0.1, 0.15) is 12.0 Å². The number of nitrogen functional groups attached to an aromatic ring is 1. The number of ether oxygens (including phenoxy) is 1. The molecule has 1 fully saturated rings. The molecule has 1 aliphatic heterocycles. The number of likely N-dealkylation sites (N-methyl/N-ethyl adjacent to an activating group) is 1. The minimum absolute atomic E-state index is 0.180. The molecule has 1 atom stereocenters. The lowest BCUT2D eigenvalue weighted by Gasteiger charge is -2.20. The molecule has 0 spiro atoms. The van der Waals surface area contributed by atoms with Crippen LogP contribution in [-0.2, 0) is 0 Å². The number of nitriles is 1. The number of anilines is 4. The van der Waals surface area contributed by atoms with Crippen molar-refractivity contribution in [1.29, 1.82) is 5.26 Å². The second kappa shape index (κ2) is 8.84. The fourth-order valence-electron chi connectivity index (χ4n) is 3.90. The highest BCUT2D eigenvalue weighted by molar-refractivity contribution is 5.73. The molecule has 0 radical (unpaired) electrons. The Kier molecular flexibility index (Phi) is 5.57. The van der Waals surface area contributed by atoms with Crippen molar-refractivity contribution in [2.75, 3.05) is 43.1 Å². The molecular weight excluding hydrogens is 432 g/mol. The van der Waals surface area contributed by atoms with Gasteiger partial charge in [0.25, 0.3) is 0 Å². The van der Waals surface area contributed by atoms with Crippen LogP contribution in [0.5, 0.6) is 11.5 Å². The fourth-order valence-corrected chi connectivity index (χ4v) is 3.90. The van der Waals surface area contributed by atoms with Gasteiger partial charge in [-0.2, -0.15) is 19.7 Å². The van der Waals surface area contributed by atoms with Crippen LogP contribution in [0.15, 0.2) is 48.8 Å². The molecule has 11 heteroatoms. The number of pyridine rings is 1. The molecule has 172 valence electrons. The third-order valence-electron chi connectivity index (χ3n) is 5.79. The van der Waals surface area contributed by atoms with Crippen molar-refractivity contribution >= 4 is 29.0 Å². The molecule has 0 amide bonds. The average Bonchev–Trinajstić information content (AvgIpc) is 3.46. The van der Waals surface area contributed by atoms with E-state index in [1.54, 1.807) is 24.5 Å². The molecule has 0 saturated carbocycles. The van der Waals surface area contributed by atoms with E-state index in [9.17, 15) is 5.26 Å². The lowest BCUT2D eigenvalue weighted by Crippen LogP contribution is -2.32. The second-order valence-corrected chi connectivity index (χ2v) is 8.24. The number of aromatic nitrogens is 5. The van der Waals surface area contributed by atoms with Crippen LogP contribution < -0.4 is 20.7 Å². The maximum Gasteiger partial charge on any atom is 0.230 e. The van der Waals surface area contributed by atoms with E-state index in [0.717, 1.165) is 25.2 Å². The number of hydrogen-bond acceptors (Lipinski definition) is 10. The van der Waals surface area contributed by atoms with Crippen LogP contribution in [0.25, 0.3) is 5.65 Å². The first-order valence-corrected chi connectivity index (χ1v) is 10.8. The highest BCUT2D eigenvalue weighted by Gasteiger charge is 2.27. The standard InChI is InChI=1S/C23H24N10O/c1-31(2)16-9-12-32(14-16)23-28-21-19(13-24)20(30-33(21)22(25)29-23)27-15-3-5-17(6-4-15)34-18-7-10-26-11-8-18/h3-8,10-11,16H,9,12,14H2,1-2H3,(H,27,30)(H2,25,28,29). The van der Waals surface area contributed by atoms with Crippen LogP contribution in [0.2, 0.25) is 0 Å². The lowest BCUT2D eigenvalue weighted by molar-refractivity contribution is 0.315. The summed E-state index contributed by atoms with van der Waals surface area (Å²) in [4.78, 5) is 17.3. The summed E-state index contributed by atoms with van der Waals surface area (Å²) in [5.41, 5.74) is 7.61. The summed E-state index contributed by atoms with van der Waals surface area (Å²) < 4.78 is 7.19. The van der Waals surface area contributed by atoms with E-state index in [4.69, 9.17) is 10.5 Å². The van der Waals surface area contributed by atoms with Gasteiger partial charge in [-0.15, -0.1) is 5.10 Å². The van der Waals surface area contributed by atoms with Gasteiger partial charge < -0.3 is 25.6 Å². The Labute approximate surface area is 196 Å². The van der Waals surface area contributed by atoms with Gasteiger partial charge in [-0.3, -0.25) is 4.98 Å².